The van der Waals surface area contributed by atoms with E-state index >= 15 is 0 Å². The third kappa shape index (κ3) is 3.14. The lowest BCUT2D eigenvalue weighted by Crippen LogP contribution is -2.53. The minimum Gasteiger partial charge on any atom is -0.312 e. The molecule has 4 nitrogen and oxygen atoms in total. The van der Waals surface area contributed by atoms with Crippen LogP contribution in [0.2, 0.25) is 0 Å². The van der Waals surface area contributed by atoms with E-state index in [2.05, 4.69) is 5.32 Å². The van der Waals surface area contributed by atoms with Gasteiger partial charge in [-0.25, -0.2) is 12.7 Å². The van der Waals surface area contributed by atoms with Gasteiger partial charge in [-0.3, -0.25) is 0 Å². The summed E-state index contributed by atoms with van der Waals surface area (Å²) in [5, 5.41) is 3.51. The molecule has 0 radical (unpaired) electrons. The predicted molar refractivity (Wildman–Crippen MR) is 78.6 cm³/mol. The van der Waals surface area contributed by atoms with E-state index in [-0.39, 0.29) is 5.75 Å². The summed E-state index contributed by atoms with van der Waals surface area (Å²) in [5.41, 5.74) is 0.527. The first-order chi connectivity index (χ1) is 9.04. The maximum Gasteiger partial charge on any atom is 0.215 e. The number of nitrogens with one attached hydrogen (secondary N) is 1. The van der Waals surface area contributed by atoms with Crippen molar-refractivity contribution in [3.63, 3.8) is 0 Å². The Labute approximate surface area is 118 Å². The van der Waals surface area contributed by atoms with Gasteiger partial charge in [0.1, 0.15) is 0 Å². The fourth-order valence-corrected chi connectivity index (χ4v) is 5.22. The second kappa shape index (κ2) is 6.10. The van der Waals surface area contributed by atoms with Crippen LogP contribution in [0.3, 0.4) is 0 Å². The first-order valence-electron chi connectivity index (χ1n) is 7.75. The van der Waals surface area contributed by atoms with Gasteiger partial charge >= 0.3 is 0 Å². The number of sulfonamides is 1. The van der Waals surface area contributed by atoms with Crippen LogP contribution in [0.25, 0.3) is 0 Å². The molecule has 0 aliphatic heterocycles. The Bertz CT molecular complexity index is 384. The van der Waals surface area contributed by atoms with E-state index in [4.69, 9.17) is 0 Å². The second-order valence-electron chi connectivity index (χ2n) is 6.02. The lowest BCUT2D eigenvalue weighted by atomic mass is 9.63. The molecule has 1 N–H and O–H groups in total. The van der Waals surface area contributed by atoms with Crippen LogP contribution in [0.5, 0.6) is 0 Å². The minimum absolute atomic E-state index is 0.237. The molecule has 0 aromatic carbocycles. The molecule has 0 bridgehead atoms. The highest BCUT2D eigenvalue weighted by Crippen LogP contribution is 2.53. The van der Waals surface area contributed by atoms with E-state index in [1.807, 2.05) is 13.8 Å². The molecule has 1 spiro atoms. The highest BCUT2D eigenvalue weighted by atomic mass is 32.2. The van der Waals surface area contributed by atoms with Gasteiger partial charge in [-0.15, -0.1) is 0 Å². The van der Waals surface area contributed by atoms with Gasteiger partial charge in [0, 0.05) is 25.7 Å². The average molecular weight is 288 g/mol. The number of hydrogen-bond acceptors (Lipinski definition) is 3. The number of hydrogen-bond donors (Lipinski definition) is 1. The van der Waals surface area contributed by atoms with Crippen molar-refractivity contribution in [1.29, 1.82) is 0 Å². The summed E-state index contributed by atoms with van der Waals surface area (Å²) in [6, 6.07) is 0.571. The minimum atomic E-state index is -3.07. The number of nitrogens with zero attached hydrogens (tertiary/aromatic N) is 1. The van der Waals surface area contributed by atoms with Gasteiger partial charge in [-0.05, 0) is 31.1 Å². The van der Waals surface area contributed by atoms with Crippen LogP contribution in [-0.2, 0) is 10.0 Å². The Morgan fingerprint density at radius 1 is 1.16 bits per heavy atom. The van der Waals surface area contributed by atoms with Gasteiger partial charge in [-0.2, -0.15) is 0 Å². The van der Waals surface area contributed by atoms with Crippen molar-refractivity contribution in [3.05, 3.63) is 0 Å². The fraction of sp³-hybridized carbons (Fsp3) is 1.00. The molecule has 0 aromatic rings. The van der Waals surface area contributed by atoms with Crippen molar-refractivity contribution in [2.45, 2.75) is 58.4 Å². The molecule has 2 aliphatic rings. The summed E-state index contributed by atoms with van der Waals surface area (Å²) in [5.74, 6) is 0.237. The Morgan fingerprint density at radius 2 is 1.79 bits per heavy atom. The molecule has 0 aromatic heterocycles. The van der Waals surface area contributed by atoms with E-state index in [0.29, 0.717) is 31.1 Å². The largest absolute Gasteiger partial charge is 0.312 e. The maximum atomic E-state index is 12.1. The smallest absolute Gasteiger partial charge is 0.215 e. The molecule has 0 amide bonds. The van der Waals surface area contributed by atoms with E-state index in [9.17, 15) is 8.42 Å². The summed E-state index contributed by atoms with van der Waals surface area (Å²) >= 11 is 0. The molecule has 2 fully saturated rings. The summed E-state index contributed by atoms with van der Waals surface area (Å²) < 4.78 is 25.7. The zero-order valence-corrected chi connectivity index (χ0v) is 13.1. The molecule has 112 valence electrons. The SMILES string of the molecule is CCN(CC)S(=O)(=O)CCNC1CCC12CCCC2. The molecule has 5 heteroatoms. The highest BCUT2D eigenvalue weighted by Gasteiger charge is 2.47. The standard InChI is InChI=1S/C14H28N2O2S/c1-3-16(4-2)19(17,18)12-11-15-13-7-10-14(13)8-5-6-9-14/h13,15H,3-12H2,1-2H3. The topological polar surface area (TPSA) is 49.4 Å². The third-order valence-electron chi connectivity index (χ3n) is 5.12. The molecule has 0 heterocycles. The van der Waals surface area contributed by atoms with Gasteiger partial charge in [0.05, 0.1) is 5.75 Å². The van der Waals surface area contributed by atoms with Crippen molar-refractivity contribution in [3.8, 4) is 0 Å². The molecule has 2 rings (SSSR count). The highest BCUT2D eigenvalue weighted by molar-refractivity contribution is 7.89. The normalized spacial score (nSPS) is 25.9. The van der Waals surface area contributed by atoms with Crippen molar-refractivity contribution in [1.82, 2.24) is 9.62 Å². The van der Waals surface area contributed by atoms with E-state index in [1.54, 1.807) is 4.31 Å². The zero-order valence-electron chi connectivity index (χ0n) is 12.3. The fourth-order valence-electron chi connectivity index (χ4n) is 3.80. The van der Waals surface area contributed by atoms with Gasteiger partial charge in [0.15, 0.2) is 0 Å². The van der Waals surface area contributed by atoms with E-state index < -0.39 is 10.0 Å². The van der Waals surface area contributed by atoms with Crippen LogP contribution >= 0.6 is 0 Å². The molecule has 19 heavy (non-hydrogen) atoms. The Hall–Kier alpha value is -0.130. The summed E-state index contributed by atoms with van der Waals surface area (Å²) in [4.78, 5) is 0. The zero-order chi connectivity index (χ0) is 13.9. The van der Waals surface area contributed by atoms with E-state index in [1.165, 1.54) is 38.5 Å². The van der Waals surface area contributed by atoms with Crippen molar-refractivity contribution in [2.24, 2.45) is 5.41 Å². The second-order valence-corrected chi connectivity index (χ2v) is 8.10. The Balaban J connectivity index is 1.78. The first kappa shape index (κ1) is 15.3. The maximum absolute atomic E-state index is 12.1. The molecule has 0 saturated heterocycles. The Morgan fingerprint density at radius 3 is 2.26 bits per heavy atom. The van der Waals surface area contributed by atoms with Crippen LogP contribution in [0, 0.1) is 5.41 Å². The first-order valence-corrected chi connectivity index (χ1v) is 9.36. The van der Waals surface area contributed by atoms with Gasteiger partial charge < -0.3 is 5.32 Å². The van der Waals surface area contributed by atoms with Crippen LogP contribution < -0.4 is 5.32 Å². The lowest BCUT2D eigenvalue weighted by molar-refractivity contribution is 0.0746. The van der Waals surface area contributed by atoms with Crippen LogP contribution in [0.15, 0.2) is 0 Å². The van der Waals surface area contributed by atoms with Crippen molar-refractivity contribution >= 4 is 10.0 Å². The summed E-state index contributed by atoms with van der Waals surface area (Å²) in [6.45, 7) is 5.55. The molecule has 1 unspecified atom stereocenters. The van der Waals surface area contributed by atoms with Crippen LogP contribution in [0.4, 0.5) is 0 Å². The lowest BCUT2D eigenvalue weighted by Gasteiger charge is -2.48. The van der Waals surface area contributed by atoms with Gasteiger partial charge in [0.25, 0.3) is 0 Å². The third-order valence-corrected chi connectivity index (χ3v) is 7.14. The quantitative estimate of drug-likeness (QED) is 0.779. The molecule has 2 saturated carbocycles. The molecule has 2 aliphatic carbocycles. The van der Waals surface area contributed by atoms with E-state index in [0.717, 1.165) is 0 Å². The molecule has 1 atom stereocenters. The van der Waals surface area contributed by atoms with Crippen LogP contribution in [-0.4, -0.2) is 44.2 Å². The monoisotopic (exact) mass is 288 g/mol. The van der Waals surface area contributed by atoms with Crippen molar-refractivity contribution in [2.75, 3.05) is 25.4 Å². The van der Waals surface area contributed by atoms with Crippen LogP contribution in [0.1, 0.15) is 52.4 Å². The van der Waals surface area contributed by atoms with Gasteiger partial charge in [0.2, 0.25) is 10.0 Å². The van der Waals surface area contributed by atoms with Gasteiger partial charge in [-0.1, -0.05) is 26.7 Å². The summed E-state index contributed by atoms with van der Waals surface area (Å²) in [7, 11) is -3.07. The summed E-state index contributed by atoms with van der Waals surface area (Å²) in [6.07, 6.45) is 7.96. The predicted octanol–water partition coefficient (Wildman–Crippen LogP) is 1.97. The average Bonchev–Trinajstić information content (AvgIpc) is 2.86. The Kier molecular flexibility index (Phi) is 4.90. The molecular weight excluding hydrogens is 260 g/mol. The number of rotatable bonds is 7. The molecular formula is C14H28N2O2S. The van der Waals surface area contributed by atoms with Crippen molar-refractivity contribution < 1.29 is 8.42 Å².